The zero-order valence-electron chi connectivity index (χ0n) is 14.7. The molecule has 5 nitrogen and oxygen atoms in total. The lowest BCUT2D eigenvalue weighted by molar-refractivity contribution is 0.0948. The van der Waals surface area contributed by atoms with E-state index in [1.54, 1.807) is 48.5 Å². The molecule has 3 aromatic rings. The number of benzene rings is 3. The van der Waals surface area contributed by atoms with Crippen molar-refractivity contribution >= 4 is 17.5 Å². The lowest BCUT2D eigenvalue weighted by atomic mass is 10.1. The SMILES string of the molecule is O=C(Nc1ccccc1C(=O)NCCOc1ccccc1)c1ccccc1. The third-order valence-electron chi connectivity index (χ3n) is 3.86. The summed E-state index contributed by atoms with van der Waals surface area (Å²) in [6.45, 7) is 0.711. The zero-order chi connectivity index (χ0) is 18.9. The molecular formula is C22H20N2O3. The van der Waals surface area contributed by atoms with Crippen molar-refractivity contribution in [3.8, 4) is 5.75 Å². The number of hydrogen-bond donors (Lipinski definition) is 2. The van der Waals surface area contributed by atoms with Crippen LogP contribution in [0.3, 0.4) is 0 Å². The third-order valence-corrected chi connectivity index (χ3v) is 3.86. The van der Waals surface area contributed by atoms with Gasteiger partial charge in [-0.2, -0.15) is 0 Å². The van der Waals surface area contributed by atoms with Gasteiger partial charge in [0.25, 0.3) is 11.8 Å². The van der Waals surface area contributed by atoms with Gasteiger partial charge in [-0.15, -0.1) is 0 Å². The van der Waals surface area contributed by atoms with E-state index in [0.717, 1.165) is 5.75 Å². The minimum atomic E-state index is -0.268. The first-order chi connectivity index (χ1) is 13.2. The number of para-hydroxylation sites is 2. The van der Waals surface area contributed by atoms with Gasteiger partial charge < -0.3 is 15.4 Å². The molecule has 0 unspecified atom stereocenters. The van der Waals surface area contributed by atoms with Crippen molar-refractivity contribution in [1.29, 1.82) is 0 Å². The minimum Gasteiger partial charge on any atom is -0.492 e. The Bertz CT molecular complexity index is 896. The number of amides is 2. The Labute approximate surface area is 158 Å². The number of rotatable bonds is 7. The van der Waals surface area contributed by atoms with Crippen LogP contribution in [0.15, 0.2) is 84.9 Å². The third kappa shape index (κ3) is 5.19. The van der Waals surface area contributed by atoms with Gasteiger partial charge in [-0.25, -0.2) is 0 Å². The number of anilines is 1. The molecule has 3 aromatic carbocycles. The van der Waals surface area contributed by atoms with Gasteiger partial charge in [-0.3, -0.25) is 9.59 Å². The van der Waals surface area contributed by atoms with E-state index in [1.165, 1.54) is 0 Å². The fourth-order valence-electron chi connectivity index (χ4n) is 2.52. The van der Waals surface area contributed by atoms with Gasteiger partial charge in [0.05, 0.1) is 17.8 Å². The topological polar surface area (TPSA) is 67.4 Å². The minimum absolute atomic E-state index is 0.261. The normalized spacial score (nSPS) is 10.1. The van der Waals surface area contributed by atoms with Crippen LogP contribution in [0.2, 0.25) is 0 Å². The highest BCUT2D eigenvalue weighted by atomic mass is 16.5. The van der Waals surface area contributed by atoms with Crippen molar-refractivity contribution in [3.63, 3.8) is 0 Å². The highest BCUT2D eigenvalue weighted by molar-refractivity contribution is 6.08. The van der Waals surface area contributed by atoms with Gasteiger partial charge in [0.1, 0.15) is 12.4 Å². The first kappa shape index (κ1) is 18.2. The Morgan fingerprint density at radius 1 is 0.741 bits per heavy atom. The van der Waals surface area contributed by atoms with Crippen LogP contribution >= 0.6 is 0 Å². The van der Waals surface area contributed by atoms with Crippen LogP contribution in [-0.2, 0) is 0 Å². The molecule has 0 aliphatic heterocycles. The molecule has 27 heavy (non-hydrogen) atoms. The van der Waals surface area contributed by atoms with Crippen molar-refractivity contribution in [2.45, 2.75) is 0 Å². The molecule has 0 radical (unpaired) electrons. The number of hydrogen-bond acceptors (Lipinski definition) is 3. The predicted octanol–water partition coefficient (Wildman–Crippen LogP) is 3.75. The van der Waals surface area contributed by atoms with Gasteiger partial charge in [0, 0.05) is 5.56 Å². The molecule has 0 aliphatic rings. The van der Waals surface area contributed by atoms with Gasteiger partial charge in [0.2, 0.25) is 0 Å². The van der Waals surface area contributed by atoms with E-state index in [9.17, 15) is 9.59 Å². The number of carbonyl (C=O) groups is 2. The van der Waals surface area contributed by atoms with Crippen molar-refractivity contribution in [2.24, 2.45) is 0 Å². The Kier molecular flexibility index (Phi) is 6.20. The van der Waals surface area contributed by atoms with Crippen LogP contribution in [0.1, 0.15) is 20.7 Å². The predicted molar refractivity (Wildman–Crippen MR) is 105 cm³/mol. The lowest BCUT2D eigenvalue weighted by Gasteiger charge is -2.12. The summed E-state index contributed by atoms with van der Waals surface area (Å²) in [4.78, 5) is 24.8. The molecule has 0 heterocycles. The fraction of sp³-hybridized carbons (Fsp3) is 0.0909. The Morgan fingerprint density at radius 3 is 2.11 bits per heavy atom. The highest BCUT2D eigenvalue weighted by Gasteiger charge is 2.13. The van der Waals surface area contributed by atoms with Crippen molar-refractivity contribution < 1.29 is 14.3 Å². The molecule has 0 atom stereocenters. The van der Waals surface area contributed by atoms with Crippen LogP contribution in [0.4, 0.5) is 5.69 Å². The van der Waals surface area contributed by atoms with Gasteiger partial charge in [-0.05, 0) is 36.4 Å². The molecule has 0 aromatic heterocycles. The maximum Gasteiger partial charge on any atom is 0.255 e. The maximum atomic E-state index is 12.5. The van der Waals surface area contributed by atoms with Crippen molar-refractivity contribution in [1.82, 2.24) is 5.32 Å². The average molecular weight is 360 g/mol. The van der Waals surface area contributed by atoms with Gasteiger partial charge in [-0.1, -0.05) is 48.5 Å². The highest BCUT2D eigenvalue weighted by Crippen LogP contribution is 2.16. The first-order valence-corrected chi connectivity index (χ1v) is 8.65. The second-order valence-electron chi connectivity index (χ2n) is 5.78. The fourth-order valence-corrected chi connectivity index (χ4v) is 2.52. The molecular weight excluding hydrogens is 340 g/mol. The smallest absolute Gasteiger partial charge is 0.255 e. The number of nitrogens with one attached hydrogen (secondary N) is 2. The zero-order valence-corrected chi connectivity index (χ0v) is 14.7. The molecule has 0 saturated carbocycles. The Balaban J connectivity index is 1.58. The Hall–Kier alpha value is -3.60. The van der Waals surface area contributed by atoms with Crippen LogP contribution < -0.4 is 15.4 Å². The monoisotopic (exact) mass is 360 g/mol. The summed E-state index contributed by atoms with van der Waals surface area (Å²) in [5, 5.41) is 5.60. The lowest BCUT2D eigenvalue weighted by Crippen LogP contribution is -2.29. The van der Waals surface area contributed by atoms with E-state index in [1.807, 2.05) is 36.4 Å². The van der Waals surface area contributed by atoms with E-state index in [4.69, 9.17) is 4.74 Å². The van der Waals surface area contributed by atoms with Crippen LogP contribution in [-0.4, -0.2) is 25.0 Å². The molecule has 5 heteroatoms. The van der Waals surface area contributed by atoms with Crippen molar-refractivity contribution in [3.05, 3.63) is 96.1 Å². The molecule has 0 spiro atoms. The molecule has 0 fully saturated rings. The van der Waals surface area contributed by atoms with E-state index in [-0.39, 0.29) is 11.8 Å². The van der Waals surface area contributed by atoms with Crippen LogP contribution in [0.25, 0.3) is 0 Å². The van der Waals surface area contributed by atoms with Crippen LogP contribution in [0, 0.1) is 0 Å². The second-order valence-corrected chi connectivity index (χ2v) is 5.78. The van der Waals surface area contributed by atoms with Gasteiger partial charge in [0.15, 0.2) is 0 Å². The van der Waals surface area contributed by atoms with E-state index in [0.29, 0.717) is 30.0 Å². The maximum absolute atomic E-state index is 12.5. The number of ether oxygens (including phenoxy) is 1. The van der Waals surface area contributed by atoms with E-state index < -0.39 is 0 Å². The molecule has 0 aliphatic carbocycles. The summed E-state index contributed by atoms with van der Waals surface area (Å²) in [5.41, 5.74) is 1.40. The van der Waals surface area contributed by atoms with E-state index in [2.05, 4.69) is 10.6 Å². The quantitative estimate of drug-likeness (QED) is 0.631. The summed E-state index contributed by atoms with van der Waals surface area (Å²) in [7, 11) is 0. The molecule has 3 rings (SSSR count). The summed E-state index contributed by atoms with van der Waals surface area (Å²) < 4.78 is 5.56. The average Bonchev–Trinajstić information content (AvgIpc) is 2.73. The molecule has 136 valence electrons. The van der Waals surface area contributed by atoms with Gasteiger partial charge >= 0.3 is 0 Å². The molecule has 2 N–H and O–H groups in total. The summed E-state index contributed by atoms with van der Waals surface area (Å²) in [6, 6.07) is 25.2. The largest absolute Gasteiger partial charge is 0.492 e. The molecule has 2 amide bonds. The summed E-state index contributed by atoms with van der Waals surface area (Å²) in [6.07, 6.45) is 0. The number of carbonyl (C=O) groups excluding carboxylic acids is 2. The van der Waals surface area contributed by atoms with Crippen molar-refractivity contribution in [2.75, 3.05) is 18.5 Å². The summed E-state index contributed by atoms with van der Waals surface area (Å²) in [5.74, 6) is 0.223. The summed E-state index contributed by atoms with van der Waals surface area (Å²) >= 11 is 0. The van der Waals surface area contributed by atoms with Crippen LogP contribution in [0.5, 0.6) is 5.75 Å². The molecule has 0 saturated heterocycles. The first-order valence-electron chi connectivity index (χ1n) is 8.65. The van der Waals surface area contributed by atoms with E-state index >= 15 is 0 Å². The Morgan fingerprint density at radius 2 is 1.37 bits per heavy atom. The second kappa shape index (κ2) is 9.20. The standard InChI is InChI=1S/C22H20N2O3/c25-21(17-9-3-1-4-10-17)24-20-14-8-7-13-19(20)22(26)23-15-16-27-18-11-5-2-6-12-18/h1-14H,15-16H2,(H,23,26)(H,24,25). The molecule has 0 bridgehead atoms.